The molecule has 2 N–H and O–H groups in total. The molecule has 1 aliphatic carbocycles. The van der Waals surface area contributed by atoms with Gasteiger partial charge in [-0.05, 0) is 26.2 Å². The van der Waals surface area contributed by atoms with E-state index in [1.807, 2.05) is 6.92 Å². The van der Waals surface area contributed by atoms with Gasteiger partial charge >= 0.3 is 0 Å². The summed E-state index contributed by atoms with van der Waals surface area (Å²) in [5.74, 6) is 4.44. The summed E-state index contributed by atoms with van der Waals surface area (Å²) in [5.41, 5.74) is 7.13. The Labute approximate surface area is 119 Å². The number of nitrogens with zero attached hydrogens (tertiary/aromatic N) is 3. The second kappa shape index (κ2) is 5.19. The Hall–Kier alpha value is -0.970. The Bertz CT molecular complexity index is 473. The molecule has 2 aliphatic rings. The predicted molar refractivity (Wildman–Crippen MR) is 81.9 cm³/mol. The van der Waals surface area contributed by atoms with Crippen molar-refractivity contribution in [3.05, 3.63) is 11.4 Å². The first-order chi connectivity index (χ1) is 9.19. The summed E-state index contributed by atoms with van der Waals surface area (Å²) in [5, 5.41) is 0.716. The molecule has 1 atom stereocenters. The summed E-state index contributed by atoms with van der Waals surface area (Å²) < 4.78 is 0. The van der Waals surface area contributed by atoms with Crippen LogP contribution in [0.4, 0.5) is 11.6 Å². The molecule has 0 bridgehead atoms. The highest BCUT2D eigenvalue weighted by atomic mass is 32.2. The van der Waals surface area contributed by atoms with Crippen molar-refractivity contribution in [2.45, 2.75) is 44.3 Å². The zero-order valence-corrected chi connectivity index (χ0v) is 12.5. The molecule has 104 valence electrons. The van der Waals surface area contributed by atoms with Crippen molar-refractivity contribution in [3.8, 4) is 0 Å². The first-order valence-corrected chi connectivity index (χ1v) is 8.24. The number of aromatic nitrogens is 2. The SMILES string of the molecule is CCC1CN(c2nc(C3CC3)nc(N)c2C)CCS1. The van der Waals surface area contributed by atoms with E-state index in [0.717, 1.165) is 30.3 Å². The zero-order chi connectivity index (χ0) is 13.4. The first kappa shape index (κ1) is 13.0. The van der Waals surface area contributed by atoms with Crippen LogP contribution < -0.4 is 10.6 Å². The number of anilines is 2. The summed E-state index contributed by atoms with van der Waals surface area (Å²) in [4.78, 5) is 11.7. The fraction of sp³-hybridized carbons (Fsp3) is 0.714. The molecule has 1 unspecified atom stereocenters. The summed E-state index contributed by atoms with van der Waals surface area (Å²) in [6.07, 6.45) is 3.65. The van der Waals surface area contributed by atoms with Crippen molar-refractivity contribution >= 4 is 23.4 Å². The van der Waals surface area contributed by atoms with Crippen LogP contribution in [-0.4, -0.2) is 34.1 Å². The third-order valence-electron chi connectivity index (χ3n) is 4.01. The summed E-state index contributed by atoms with van der Waals surface area (Å²) in [7, 11) is 0. The molecule has 3 rings (SSSR count). The van der Waals surface area contributed by atoms with Gasteiger partial charge in [-0.3, -0.25) is 0 Å². The molecule has 2 fully saturated rings. The van der Waals surface area contributed by atoms with Gasteiger partial charge in [-0.15, -0.1) is 0 Å². The standard InChI is InChI=1S/C14H22N4S/c1-3-11-8-18(6-7-19-11)14-9(2)12(15)16-13(17-14)10-4-5-10/h10-11H,3-8H2,1-2H3,(H2,15,16,17). The van der Waals surface area contributed by atoms with Gasteiger partial charge in [0.2, 0.25) is 0 Å². The van der Waals surface area contributed by atoms with Crippen LogP contribution in [0.15, 0.2) is 0 Å². The minimum atomic E-state index is 0.558. The van der Waals surface area contributed by atoms with E-state index in [1.54, 1.807) is 0 Å². The molecular weight excluding hydrogens is 256 g/mol. The summed E-state index contributed by atoms with van der Waals surface area (Å²) in [6.45, 7) is 6.47. The minimum Gasteiger partial charge on any atom is -0.383 e. The topological polar surface area (TPSA) is 55.0 Å². The monoisotopic (exact) mass is 278 g/mol. The van der Waals surface area contributed by atoms with Gasteiger partial charge in [0.1, 0.15) is 17.5 Å². The van der Waals surface area contributed by atoms with E-state index in [2.05, 4.69) is 28.6 Å². The molecule has 0 amide bonds. The lowest BCUT2D eigenvalue weighted by atomic mass is 10.2. The minimum absolute atomic E-state index is 0.558. The van der Waals surface area contributed by atoms with Crippen LogP contribution in [0.2, 0.25) is 0 Å². The second-order valence-electron chi connectivity index (χ2n) is 5.54. The third-order valence-corrected chi connectivity index (χ3v) is 5.38. The largest absolute Gasteiger partial charge is 0.383 e. The van der Waals surface area contributed by atoms with E-state index in [4.69, 9.17) is 10.7 Å². The molecule has 1 saturated heterocycles. The lowest BCUT2D eigenvalue weighted by Crippen LogP contribution is -2.38. The molecule has 4 nitrogen and oxygen atoms in total. The number of nitrogens with two attached hydrogens (primary N) is 1. The third kappa shape index (κ3) is 2.66. The maximum Gasteiger partial charge on any atom is 0.137 e. The maximum absolute atomic E-state index is 6.08. The van der Waals surface area contributed by atoms with E-state index >= 15 is 0 Å². The maximum atomic E-state index is 6.08. The quantitative estimate of drug-likeness (QED) is 0.921. The van der Waals surface area contributed by atoms with Gasteiger partial charge in [0, 0.05) is 35.6 Å². The summed E-state index contributed by atoms with van der Waals surface area (Å²) >= 11 is 2.08. The van der Waals surface area contributed by atoms with Gasteiger partial charge in [0.15, 0.2) is 0 Å². The van der Waals surface area contributed by atoms with Crippen molar-refractivity contribution in [1.29, 1.82) is 0 Å². The van der Waals surface area contributed by atoms with E-state index < -0.39 is 0 Å². The molecule has 19 heavy (non-hydrogen) atoms. The molecule has 0 aromatic carbocycles. The molecule has 1 aromatic heterocycles. The number of nitrogen functional groups attached to an aromatic ring is 1. The van der Waals surface area contributed by atoms with Crippen LogP contribution in [0.5, 0.6) is 0 Å². The number of hydrogen-bond acceptors (Lipinski definition) is 5. The normalized spacial score (nSPS) is 23.7. The van der Waals surface area contributed by atoms with Crippen LogP contribution >= 0.6 is 11.8 Å². The van der Waals surface area contributed by atoms with E-state index in [1.165, 1.54) is 25.0 Å². The van der Waals surface area contributed by atoms with Crippen molar-refractivity contribution in [1.82, 2.24) is 9.97 Å². The molecule has 0 radical (unpaired) electrons. The van der Waals surface area contributed by atoms with Crippen molar-refractivity contribution in [2.75, 3.05) is 29.5 Å². The van der Waals surface area contributed by atoms with Gasteiger partial charge < -0.3 is 10.6 Å². The predicted octanol–water partition coefficient (Wildman–Crippen LogP) is 2.58. The fourth-order valence-corrected chi connectivity index (χ4v) is 3.71. The molecule has 2 heterocycles. The Morgan fingerprint density at radius 3 is 2.84 bits per heavy atom. The average Bonchev–Trinajstić information content (AvgIpc) is 3.26. The van der Waals surface area contributed by atoms with E-state index in [9.17, 15) is 0 Å². The van der Waals surface area contributed by atoms with Crippen LogP contribution in [-0.2, 0) is 0 Å². The Kier molecular flexibility index (Phi) is 3.56. The Balaban J connectivity index is 1.89. The Morgan fingerprint density at radius 2 is 2.16 bits per heavy atom. The molecule has 5 heteroatoms. The van der Waals surface area contributed by atoms with Crippen LogP contribution in [0, 0.1) is 6.92 Å². The number of rotatable bonds is 3. The molecular formula is C14H22N4S. The smallest absolute Gasteiger partial charge is 0.137 e. The Morgan fingerprint density at radius 1 is 1.37 bits per heavy atom. The molecule has 0 spiro atoms. The van der Waals surface area contributed by atoms with Gasteiger partial charge in [-0.1, -0.05) is 6.92 Å². The highest BCUT2D eigenvalue weighted by Crippen LogP contribution is 2.40. The highest BCUT2D eigenvalue weighted by molar-refractivity contribution is 8.00. The van der Waals surface area contributed by atoms with Crippen molar-refractivity contribution in [3.63, 3.8) is 0 Å². The lowest BCUT2D eigenvalue weighted by molar-refractivity contribution is 0.712. The molecule has 1 aliphatic heterocycles. The molecule has 1 saturated carbocycles. The van der Waals surface area contributed by atoms with E-state index in [0.29, 0.717) is 17.0 Å². The van der Waals surface area contributed by atoms with Gasteiger partial charge in [-0.2, -0.15) is 11.8 Å². The van der Waals surface area contributed by atoms with E-state index in [-0.39, 0.29) is 0 Å². The second-order valence-corrected chi connectivity index (χ2v) is 6.95. The zero-order valence-electron chi connectivity index (χ0n) is 11.7. The van der Waals surface area contributed by atoms with Crippen molar-refractivity contribution < 1.29 is 0 Å². The fourth-order valence-electron chi connectivity index (χ4n) is 2.53. The summed E-state index contributed by atoms with van der Waals surface area (Å²) in [6, 6.07) is 0. The van der Waals surface area contributed by atoms with Crippen LogP contribution in [0.3, 0.4) is 0 Å². The van der Waals surface area contributed by atoms with Crippen molar-refractivity contribution in [2.24, 2.45) is 0 Å². The number of thioether (sulfide) groups is 1. The highest BCUT2D eigenvalue weighted by Gasteiger charge is 2.29. The van der Waals surface area contributed by atoms with Crippen LogP contribution in [0.1, 0.15) is 43.5 Å². The van der Waals surface area contributed by atoms with Crippen LogP contribution in [0.25, 0.3) is 0 Å². The number of hydrogen-bond donors (Lipinski definition) is 1. The molecule has 1 aromatic rings. The first-order valence-electron chi connectivity index (χ1n) is 7.19. The van der Waals surface area contributed by atoms with Gasteiger partial charge in [0.25, 0.3) is 0 Å². The average molecular weight is 278 g/mol. The van der Waals surface area contributed by atoms with Gasteiger partial charge in [0.05, 0.1) is 0 Å². The lowest BCUT2D eigenvalue weighted by Gasteiger charge is -2.34. The van der Waals surface area contributed by atoms with Gasteiger partial charge in [-0.25, -0.2) is 9.97 Å².